The SMILES string of the molecule is CN[C@@H](C)[C@H]1[C@H](O)CC2(C)[C@@H]3CC[C@H]4C(C)(C)C(=O)C=C[C@@]45C[C@@]35CC[C@]12C. The molecular weight excluding hydrogens is 346 g/mol. The molecule has 0 saturated heterocycles. The molecule has 5 aliphatic rings. The van der Waals surface area contributed by atoms with Gasteiger partial charge >= 0.3 is 0 Å². The number of aliphatic hydroxyl groups is 1. The largest absolute Gasteiger partial charge is 0.393 e. The molecule has 0 aromatic heterocycles. The van der Waals surface area contributed by atoms with E-state index in [0.29, 0.717) is 35.0 Å². The van der Waals surface area contributed by atoms with Crippen molar-refractivity contribution < 1.29 is 9.90 Å². The van der Waals surface area contributed by atoms with Gasteiger partial charge in [-0.2, -0.15) is 0 Å². The van der Waals surface area contributed by atoms with E-state index >= 15 is 0 Å². The Labute approximate surface area is 170 Å². The van der Waals surface area contributed by atoms with Gasteiger partial charge in [-0.15, -0.1) is 0 Å². The molecule has 0 aromatic rings. The summed E-state index contributed by atoms with van der Waals surface area (Å²) >= 11 is 0. The van der Waals surface area contributed by atoms with Crippen molar-refractivity contribution in [2.24, 2.45) is 44.8 Å². The number of ketones is 1. The van der Waals surface area contributed by atoms with E-state index in [0.717, 1.165) is 6.42 Å². The first-order valence-electron chi connectivity index (χ1n) is 11.6. The van der Waals surface area contributed by atoms with Crippen molar-refractivity contribution >= 4 is 5.78 Å². The van der Waals surface area contributed by atoms with Crippen LogP contribution in [0.3, 0.4) is 0 Å². The highest BCUT2D eigenvalue weighted by Crippen LogP contribution is 2.87. The van der Waals surface area contributed by atoms with Crippen molar-refractivity contribution in [3.8, 4) is 0 Å². The van der Waals surface area contributed by atoms with Gasteiger partial charge in [0.25, 0.3) is 0 Å². The minimum Gasteiger partial charge on any atom is -0.393 e. The minimum atomic E-state index is -0.219. The second-order valence-corrected chi connectivity index (χ2v) is 12.2. The van der Waals surface area contributed by atoms with Crippen molar-refractivity contribution in [1.82, 2.24) is 5.32 Å². The Morgan fingerprint density at radius 1 is 1.11 bits per heavy atom. The Bertz CT molecular complexity index is 758. The Balaban J connectivity index is 1.57. The molecule has 0 heterocycles. The number of rotatable bonds is 2. The van der Waals surface area contributed by atoms with E-state index in [9.17, 15) is 9.90 Å². The summed E-state index contributed by atoms with van der Waals surface area (Å²) in [6, 6.07) is 0.339. The topological polar surface area (TPSA) is 49.3 Å². The van der Waals surface area contributed by atoms with Gasteiger partial charge in [-0.1, -0.05) is 33.8 Å². The Kier molecular flexibility index (Phi) is 3.67. The van der Waals surface area contributed by atoms with Crippen molar-refractivity contribution in [3.63, 3.8) is 0 Å². The fourth-order valence-corrected chi connectivity index (χ4v) is 9.78. The molecular formula is C25H39NO2. The number of carbonyl (C=O) groups is 1. The molecule has 0 bridgehead atoms. The number of fused-ring (bicyclic) bond motifs is 2. The molecule has 0 aromatic carbocycles. The normalized spacial score (nSPS) is 57.0. The number of carbonyl (C=O) groups excluding carboxylic acids is 1. The summed E-state index contributed by atoms with van der Waals surface area (Å²) in [5.74, 6) is 1.83. The van der Waals surface area contributed by atoms with Crippen molar-refractivity contribution in [1.29, 1.82) is 0 Å². The molecule has 28 heavy (non-hydrogen) atoms. The van der Waals surface area contributed by atoms with Gasteiger partial charge in [0, 0.05) is 17.4 Å². The molecule has 9 atom stereocenters. The smallest absolute Gasteiger partial charge is 0.161 e. The summed E-state index contributed by atoms with van der Waals surface area (Å²) in [7, 11) is 2.04. The molecule has 0 aliphatic heterocycles. The third kappa shape index (κ3) is 1.84. The maximum atomic E-state index is 12.7. The van der Waals surface area contributed by atoms with Crippen molar-refractivity contribution in [3.05, 3.63) is 12.2 Å². The van der Waals surface area contributed by atoms with Gasteiger partial charge in [-0.25, -0.2) is 0 Å². The molecule has 3 heteroatoms. The molecule has 3 nitrogen and oxygen atoms in total. The maximum Gasteiger partial charge on any atom is 0.161 e. The number of hydrogen-bond donors (Lipinski definition) is 2. The molecule has 1 unspecified atom stereocenters. The van der Waals surface area contributed by atoms with Crippen LogP contribution >= 0.6 is 0 Å². The van der Waals surface area contributed by atoms with Crippen LogP contribution in [0.5, 0.6) is 0 Å². The summed E-state index contributed by atoms with van der Waals surface area (Å²) < 4.78 is 0. The third-order valence-corrected chi connectivity index (χ3v) is 11.4. The molecule has 2 N–H and O–H groups in total. The van der Waals surface area contributed by atoms with E-state index in [1.807, 2.05) is 13.1 Å². The van der Waals surface area contributed by atoms with E-state index in [1.165, 1.54) is 32.1 Å². The second kappa shape index (κ2) is 5.32. The van der Waals surface area contributed by atoms with E-state index in [2.05, 4.69) is 46.0 Å². The van der Waals surface area contributed by atoms with Crippen LogP contribution in [0.15, 0.2) is 12.2 Å². The molecule has 2 spiro atoms. The Hall–Kier alpha value is -0.670. The van der Waals surface area contributed by atoms with E-state index in [4.69, 9.17) is 0 Å². The zero-order chi connectivity index (χ0) is 20.3. The van der Waals surface area contributed by atoms with Gasteiger partial charge < -0.3 is 10.4 Å². The fourth-order valence-electron chi connectivity index (χ4n) is 9.78. The first-order valence-corrected chi connectivity index (χ1v) is 11.6. The van der Waals surface area contributed by atoms with Crippen molar-refractivity contribution in [2.75, 3.05) is 7.05 Å². The summed E-state index contributed by atoms with van der Waals surface area (Å²) in [5, 5.41) is 14.6. The molecule has 5 rings (SSSR count). The van der Waals surface area contributed by atoms with Gasteiger partial charge in [-0.3, -0.25) is 4.79 Å². The lowest BCUT2D eigenvalue weighted by Gasteiger charge is -2.61. The van der Waals surface area contributed by atoms with Crippen LogP contribution in [0, 0.1) is 44.8 Å². The molecule has 156 valence electrons. The van der Waals surface area contributed by atoms with Crippen LogP contribution in [0.25, 0.3) is 0 Å². The quantitative estimate of drug-likeness (QED) is 0.743. The lowest BCUT2D eigenvalue weighted by molar-refractivity contribution is -0.140. The highest BCUT2D eigenvalue weighted by molar-refractivity contribution is 5.96. The number of nitrogens with one attached hydrogen (secondary N) is 1. The second-order valence-electron chi connectivity index (χ2n) is 12.2. The van der Waals surface area contributed by atoms with Crippen LogP contribution in [0.2, 0.25) is 0 Å². The summed E-state index contributed by atoms with van der Waals surface area (Å²) in [6.07, 6.45) is 11.2. The van der Waals surface area contributed by atoms with Gasteiger partial charge in [0.15, 0.2) is 5.78 Å². The van der Waals surface area contributed by atoms with Crippen molar-refractivity contribution in [2.45, 2.75) is 85.3 Å². The first-order chi connectivity index (χ1) is 13.0. The van der Waals surface area contributed by atoms with E-state index in [1.54, 1.807) is 0 Å². The lowest BCUT2D eigenvalue weighted by atomic mass is 9.42. The van der Waals surface area contributed by atoms with Gasteiger partial charge in [0.05, 0.1) is 6.10 Å². The monoisotopic (exact) mass is 385 g/mol. The van der Waals surface area contributed by atoms with Crippen LogP contribution in [0.1, 0.15) is 73.1 Å². The zero-order valence-corrected chi connectivity index (χ0v) is 18.6. The number of hydrogen-bond acceptors (Lipinski definition) is 3. The van der Waals surface area contributed by atoms with Crippen LogP contribution in [0.4, 0.5) is 0 Å². The predicted octanol–water partition coefficient (Wildman–Crippen LogP) is 4.35. The first kappa shape index (κ1) is 19.3. The molecule has 0 amide bonds. The Morgan fingerprint density at radius 2 is 1.79 bits per heavy atom. The Morgan fingerprint density at radius 3 is 2.46 bits per heavy atom. The molecule has 4 saturated carbocycles. The van der Waals surface area contributed by atoms with E-state index in [-0.39, 0.29) is 27.8 Å². The highest BCUT2D eigenvalue weighted by Gasteiger charge is 2.82. The average molecular weight is 386 g/mol. The summed E-state index contributed by atoms with van der Waals surface area (Å²) in [5.41, 5.74) is 0.772. The number of allylic oxidation sites excluding steroid dienone is 2. The molecule has 4 fully saturated rings. The third-order valence-electron chi connectivity index (χ3n) is 11.4. The lowest BCUT2D eigenvalue weighted by Crippen LogP contribution is -2.57. The highest BCUT2D eigenvalue weighted by atomic mass is 16.3. The predicted molar refractivity (Wildman–Crippen MR) is 112 cm³/mol. The van der Waals surface area contributed by atoms with Gasteiger partial charge in [-0.05, 0) is 92.1 Å². The zero-order valence-electron chi connectivity index (χ0n) is 18.6. The van der Waals surface area contributed by atoms with E-state index < -0.39 is 0 Å². The van der Waals surface area contributed by atoms with Crippen LogP contribution < -0.4 is 5.32 Å². The van der Waals surface area contributed by atoms with Crippen LogP contribution in [-0.4, -0.2) is 30.1 Å². The summed E-state index contributed by atoms with van der Waals surface area (Å²) in [4.78, 5) is 12.7. The van der Waals surface area contributed by atoms with Crippen LogP contribution in [-0.2, 0) is 4.79 Å². The van der Waals surface area contributed by atoms with Gasteiger partial charge in [0.1, 0.15) is 0 Å². The van der Waals surface area contributed by atoms with Gasteiger partial charge in [0.2, 0.25) is 0 Å². The maximum absolute atomic E-state index is 12.7. The minimum absolute atomic E-state index is 0.186. The number of aliphatic hydroxyl groups excluding tert-OH is 1. The fraction of sp³-hybridized carbons (Fsp3) is 0.880. The molecule has 0 radical (unpaired) electrons. The molecule has 5 aliphatic carbocycles. The standard InChI is InChI=1S/C25H39NO2/c1-15(26-6)20-16(27)13-23(5)18-8-7-17-21(2,3)19(28)9-10-24(17)14-25(18,24)12-11-22(20,23)4/h9-10,15-18,20,26-27H,7-8,11-14H2,1-6H3/t15-,16+,17-,18-,20-,22+,23?,24+,25-/m0/s1. The average Bonchev–Trinajstić information content (AvgIpc) is 3.24. The summed E-state index contributed by atoms with van der Waals surface area (Å²) in [6.45, 7) is 11.6.